The normalized spacial score (nSPS) is 12.0. The minimum Gasteiger partial charge on any atom is -0.494 e. The second-order valence-electron chi connectivity index (χ2n) is 4.59. The molecule has 1 atom stereocenters. The van der Waals surface area contributed by atoms with Crippen LogP contribution in [-0.2, 0) is 4.74 Å². The number of furan rings is 1. The van der Waals surface area contributed by atoms with Crippen LogP contribution in [0.3, 0.4) is 0 Å². The molecule has 0 bridgehead atoms. The fourth-order valence-corrected chi connectivity index (χ4v) is 2.24. The number of halogens is 1. The molecule has 0 spiro atoms. The maximum absolute atomic E-state index is 12.2. The van der Waals surface area contributed by atoms with Crippen molar-refractivity contribution in [3.8, 4) is 5.75 Å². The number of ether oxygens (including phenoxy) is 2. The first-order chi connectivity index (χ1) is 10.7. The number of carbonyl (C=O) groups is 1. The third kappa shape index (κ3) is 4.02. The Labute approximate surface area is 134 Å². The number of carbonyl (C=O) groups excluding carboxylic acids is 1. The lowest BCUT2D eigenvalue weighted by atomic mass is 10.1. The van der Waals surface area contributed by atoms with Crippen molar-refractivity contribution in [2.75, 3.05) is 20.3 Å². The van der Waals surface area contributed by atoms with Gasteiger partial charge in [0.05, 0.1) is 31.1 Å². The molecule has 1 aromatic heterocycles. The number of rotatable bonds is 7. The van der Waals surface area contributed by atoms with Crippen LogP contribution < -0.4 is 10.1 Å². The van der Waals surface area contributed by atoms with Gasteiger partial charge in [-0.05, 0) is 42.3 Å². The fraction of sp³-hybridized carbons (Fsp3) is 0.312. The van der Waals surface area contributed by atoms with Crippen LogP contribution >= 0.6 is 11.6 Å². The molecule has 0 aliphatic carbocycles. The van der Waals surface area contributed by atoms with Gasteiger partial charge in [0, 0.05) is 7.11 Å². The van der Waals surface area contributed by atoms with Gasteiger partial charge in [-0.2, -0.15) is 0 Å². The summed E-state index contributed by atoms with van der Waals surface area (Å²) in [7, 11) is 1.58. The van der Waals surface area contributed by atoms with E-state index in [1.807, 2.05) is 31.2 Å². The predicted octanol–water partition coefficient (Wildman–Crippen LogP) is 3.45. The fourth-order valence-electron chi connectivity index (χ4n) is 2.04. The monoisotopic (exact) mass is 323 g/mol. The van der Waals surface area contributed by atoms with Crippen LogP contribution in [0.1, 0.15) is 28.9 Å². The van der Waals surface area contributed by atoms with Crippen molar-refractivity contribution in [2.45, 2.75) is 13.0 Å². The Morgan fingerprint density at radius 2 is 2.05 bits per heavy atom. The summed E-state index contributed by atoms with van der Waals surface area (Å²) in [4.78, 5) is 12.2. The molecule has 1 aromatic carbocycles. The Hall–Kier alpha value is -1.98. The van der Waals surface area contributed by atoms with Gasteiger partial charge in [-0.25, -0.2) is 0 Å². The molecule has 0 aliphatic heterocycles. The molecule has 0 radical (unpaired) electrons. The summed E-state index contributed by atoms with van der Waals surface area (Å²) in [6.45, 7) is 2.88. The van der Waals surface area contributed by atoms with Gasteiger partial charge in [0.25, 0.3) is 5.91 Å². The highest BCUT2D eigenvalue weighted by Crippen LogP contribution is 2.21. The number of hydrogen-bond donors (Lipinski definition) is 1. The summed E-state index contributed by atoms with van der Waals surface area (Å²) in [5.74, 6) is 0.473. The second-order valence-corrected chi connectivity index (χ2v) is 4.93. The van der Waals surface area contributed by atoms with Crippen LogP contribution in [0.15, 0.2) is 41.0 Å². The van der Waals surface area contributed by atoms with E-state index in [0.717, 1.165) is 11.3 Å². The van der Waals surface area contributed by atoms with Gasteiger partial charge in [-0.3, -0.25) is 4.79 Å². The predicted molar refractivity (Wildman–Crippen MR) is 83.4 cm³/mol. The van der Waals surface area contributed by atoms with Gasteiger partial charge in [0.2, 0.25) is 5.22 Å². The molecule has 0 saturated heterocycles. The number of nitrogens with one attached hydrogen (secondary N) is 1. The van der Waals surface area contributed by atoms with E-state index < -0.39 is 0 Å². The molecule has 0 aliphatic rings. The number of benzene rings is 1. The first-order valence-electron chi connectivity index (χ1n) is 6.91. The zero-order chi connectivity index (χ0) is 15.9. The highest BCUT2D eigenvalue weighted by molar-refractivity contribution is 6.32. The Balaban J connectivity index is 2.12. The lowest BCUT2D eigenvalue weighted by Gasteiger charge is -2.18. The van der Waals surface area contributed by atoms with Crippen molar-refractivity contribution in [1.29, 1.82) is 0 Å². The summed E-state index contributed by atoms with van der Waals surface area (Å²) in [6.07, 6.45) is 1.37. The largest absolute Gasteiger partial charge is 0.494 e. The van der Waals surface area contributed by atoms with Crippen LogP contribution in [0.5, 0.6) is 5.75 Å². The lowest BCUT2D eigenvalue weighted by Crippen LogP contribution is -2.31. The minimum absolute atomic E-state index is 0.0698. The Kier molecular flexibility index (Phi) is 5.86. The molecular weight excluding hydrogens is 306 g/mol. The third-order valence-electron chi connectivity index (χ3n) is 3.09. The van der Waals surface area contributed by atoms with Crippen molar-refractivity contribution in [3.05, 3.63) is 52.9 Å². The Morgan fingerprint density at radius 3 is 2.59 bits per heavy atom. The Bertz CT molecular complexity index is 609. The molecule has 0 saturated carbocycles. The quantitative estimate of drug-likeness (QED) is 0.847. The Morgan fingerprint density at radius 1 is 1.32 bits per heavy atom. The van der Waals surface area contributed by atoms with E-state index in [9.17, 15) is 4.79 Å². The molecule has 118 valence electrons. The first-order valence-corrected chi connectivity index (χ1v) is 7.29. The highest BCUT2D eigenvalue weighted by Gasteiger charge is 2.19. The van der Waals surface area contributed by atoms with Crippen molar-refractivity contribution < 1.29 is 18.7 Å². The average molecular weight is 324 g/mol. The maximum Gasteiger partial charge on any atom is 0.256 e. The standard InChI is InChI=1S/C16H18ClNO4/c1-3-21-12-6-4-11(5-7-12)14(10-20-2)18-16(19)13-8-9-22-15(13)17/h4-9,14H,3,10H2,1-2H3,(H,18,19)/t14-/m1/s1. The number of methoxy groups -OCH3 is 1. The van der Waals surface area contributed by atoms with Crippen molar-refractivity contribution in [1.82, 2.24) is 5.32 Å². The summed E-state index contributed by atoms with van der Waals surface area (Å²) in [5.41, 5.74) is 1.21. The smallest absolute Gasteiger partial charge is 0.256 e. The topological polar surface area (TPSA) is 60.7 Å². The van der Waals surface area contributed by atoms with Crippen LogP contribution in [0, 0.1) is 0 Å². The van der Waals surface area contributed by atoms with Gasteiger partial charge in [0.1, 0.15) is 5.75 Å². The van der Waals surface area contributed by atoms with Gasteiger partial charge in [0.15, 0.2) is 0 Å². The molecule has 1 amide bonds. The van der Waals surface area contributed by atoms with Gasteiger partial charge < -0.3 is 19.2 Å². The average Bonchev–Trinajstić information content (AvgIpc) is 2.94. The van der Waals surface area contributed by atoms with E-state index in [2.05, 4.69) is 5.32 Å². The molecule has 1 N–H and O–H groups in total. The zero-order valence-electron chi connectivity index (χ0n) is 12.5. The second kappa shape index (κ2) is 7.87. The maximum atomic E-state index is 12.2. The van der Waals surface area contributed by atoms with Crippen LogP contribution in [-0.4, -0.2) is 26.2 Å². The molecular formula is C16H18ClNO4. The third-order valence-corrected chi connectivity index (χ3v) is 3.39. The summed E-state index contributed by atoms with van der Waals surface area (Å²) in [6, 6.07) is 8.74. The van der Waals surface area contributed by atoms with E-state index in [-0.39, 0.29) is 17.2 Å². The molecule has 2 rings (SSSR count). The van der Waals surface area contributed by atoms with Crippen molar-refractivity contribution >= 4 is 17.5 Å². The van der Waals surface area contributed by atoms with E-state index in [1.165, 1.54) is 12.3 Å². The van der Waals surface area contributed by atoms with Crippen LogP contribution in [0.4, 0.5) is 0 Å². The van der Waals surface area contributed by atoms with Gasteiger partial charge in [-0.1, -0.05) is 12.1 Å². The summed E-state index contributed by atoms with van der Waals surface area (Å²) in [5, 5.41) is 2.95. The molecule has 22 heavy (non-hydrogen) atoms. The van der Waals surface area contributed by atoms with E-state index in [4.69, 9.17) is 25.5 Å². The molecule has 0 fully saturated rings. The molecule has 1 heterocycles. The first kappa shape index (κ1) is 16.4. The van der Waals surface area contributed by atoms with Crippen LogP contribution in [0.25, 0.3) is 0 Å². The van der Waals surface area contributed by atoms with E-state index in [1.54, 1.807) is 7.11 Å². The van der Waals surface area contributed by atoms with Crippen molar-refractivity contribution in [3.63, 3.8) is 0 Å². The molecule has 6 heteroatoms. The van der Waals surface area contributed by atoms with E-state index >= 15 is 0 Å². The summed E-state index contributed by atoms with van der Waals surface area (Å²) >= 11 is 5.82. The lowest BCUT2D eigenvalue weighted by molar-refractivity contribution is 0.0896. The molecule has 2 aromatic rings. The highest BCUT2D eigenvalue weighted by atomic mass is 35.5. The molecule has 0 unspecified atom stereocenters. The minimum atomic E-state index is -0.310. The van der Waals surface area contributed by atoms with Crippen molar-refractivity contribution in [2.24, 2.45) is 0 Å². The number of amides is 1. The SMILES string of the molecule is CCOc1ccc([C@@H](COC)NC(=O)c2ccoc2Cl)cc1. The van der Waals surface area contributed by atoms with Crippen LogP contribution in [0.2, 0.25) is 5.22 Å². The zero-order valence-corrected chi connectivity index (χ0v) is 13.2. The van der Waals surface area contributed by atoms with Gasteiger partial charge >= 0.3 is 0 Å². The number of hydrogen-bond acceptors (Lipinski definition) is 4. The van der Waals surface area contributed by atoms with Gasteiger partial charge in [-0.15, -0.1) is 0 Å². The van der Waals surface area contributed by atoms with E-state index in [0.29, 0.717) is 18.8 Å². The molecule has 5 nitrogen and oxygen atoms in total. The summed E-state index contributed by atoms with van der Waals surface area (Å²) < 4.78 is 15.5.